The van der Waals surface area contributed by atoms with Gasteiger partial charge in [0.15, 0.2) is 0 Å². The second-order valence-corrected chi connectivity index (χ2v) is 11.2. The van der Waals surface area contributed by atoms with Crippen LogP contribution in [0.4, 0.5) is 0 Å². The number of furan rings is 1. The lowest BCUT2D eigenvalue weighted by Crippen LogP contribution is -1.92. The first kappa shape index (κ1) is 20.1. The Balaban J connectivity index is 1.41. The van der Waals surface area contributed by atoms with Gasteiger partial charge in [0.1, 0.15) is 11.2 Å². The van der Waals surface area contributed by atoms with E-state index in [4.69, 9.17) is 9.90 Å². The molecule has 0 bridgehead atoms. The molecule has 0 fully saturated rings. The largest absolute Gasteiger partial charge is 0.456 e. The summed E-state index contributed by atoms with van der Waals surface area (Å²) in [6.07, 6.45) is 0. The molecule has 45 heavy (non-hydrogen) atoms. The molecule has 0 spiro atoms. The van der Waals surface area contributed by atoms with E-state index >= 15 is 0 Å². The highest BCUT2D eigenvalue weighted by atomic mass is 16.3. The van der Waals surface area contributed by atoms with Gasteiger partial charge in [0.2, 0.25) is 0 Å². The van der Waals surface area contributed by atoms with Crippen LogP contribution in [0.1, 0.15) is 8.22 Å². The maximum Gasteiger partial charge on any atom is 0.136 e. The number of hydrogen-bond donors (Lipinski definition) is 0. The first-order valence-corrected chi connectivity index (χ1v) is 15.0. The Bertz CT molecular complexity index is 2790. The first-order chi connectivity index (χ1) is 24.8. The molecule has 0 aliphatic heterocycles. The molecule has 0 aliphatic carbocycles. The molecule has 210 valence electrons. The Morgan fingerprint density at radius 2 is 0.867 bits per heavy atom. The van der Waals surface area contributed by atoms with Gasteiger partial charge in [-0.1, -0.05) is 152 Å². The zero-order valence-electron chi connectivity index (χ0n) is 30.1. The number of rotatable bonds is 4. The van der Waals surface area contributed by atoms with Crippen molar-refractivity contribution in [1.82, 2.24) is 0 Å². The van der Waals surface area contributed by atoms with Crippen molar-refractivity contribution in [3.05, 3.63) is 170 Å². The van der Waals surface area contributed by atoms with Crippen molar-refractivity contribution < 1.29 is 12.6 Å². The van der Waals surface area contributed by atoms with E-state index in [9.17, 15) is 2.74 Å². The van der Waals surface area contributed by atoms with Gasteiger partial charge in [-0.3, -0.25) is 0 Å². The summed E-state index contributed by atoms with van der Waals surface area (Å²) in [7, 11) is 0. The predicted molar refractivity (Wildman–Crippen MR) is 190 cm³/mol. The van der Waals surface area contributed by atoms with Crippen molar-refractivity contribution in [3.8, 4) is 44.5 Å². The normalized spacial score (nSPS) is 13.4. The Hall–Kier alpha value is -5.92. The van der Waals surface area contributed by atoms with E-state index in [0.29, 0.717) is 22.1 Å². The van der Waals surface area contributed by atoms with E-state index in [2.05, 4.69) is 48.5 Å². The molecular weight excluding hydrogens is 544 g/mol. The lowest BCUT2D eigenvalue weighted by atomic mass is 9.84. The monoisotopic (exact) mass is 578 g/mol. The van der Waals surface area contributed by atoms with E-state index in [1.165, 1.54) is 0 Å². The van der Waals surface area contributed by atoms with Crippen LogP contribution in [0.3, 0.4) is 0 Å². The van der Waals surface area contributed by atoms with Gasteiger partial charge in [-0.2, -0.15) is 0 Å². The fraction of sp³-hybridized carbons (Fsp3) is 0. The maximum atomic E-state index is 9.90. The van der Waals surface area contributed by atoms with Gasteiger partial charge in [-0.25, -0.2) is 0 Å². The van der Waals surface area contributed by atoms with Crippen molar-refractivity contribution in [2.45, 2.75) is 0 Å². The smallest absolute Gasteiger partial charge is 0.136 e. The summed E-state index contributed by atoms with van der Waals surface area (Å²) in [4.78, 5) is 0. The highest BCUT2D eigenvalue weighted by molar-refractivity contribution is 6.23. The third-order valence-corrected chi connectivity index (χ3v) is 8.60. The van der Waals surface area contributed by atoms with Gasteiger partial charge in [-0.05, 0) is 84.2 Å². The quantitative estimate of drug-likeness (QED) is 0.189. The standard InChI is InChI=1S/C44H28O/c1-3-13-29(14-4-1)30-23-25-32(26-24-30)42-34-17-7-9-19-36(34)43(37-20-10-8-18-35(37)42)33-27-39(31-15-5-2-6-16-31)44-38-21-11-12-22-40(38)45-41(44)28-33/h1-28H/i11D,12D,21D,22D,27D,28D. The van der Waals surface area contributed by atoms with Crippen molar-refractivity contribution in [2.75, 3.05) is 0 Å². The molecule has 0 aliphatic rings. The Labute approximate surface area is 270 Å². The molecule has 0 unspecified atom stereocenters. The number of fused-ring (bicyclic) bond motifs is 5. The molecule has 1 heterocycles. The van der Waals surface area contributed by atoms with Crippen LogP contribution in [0.5, 0.6) is 0 Å². The molecule has 0 N–H and O–H groups in total. The Morgan fingerprint density at radius 3 is 1.49 bits per heavy atom. The van der Waals surface area contributed by atoms with Crippen LogP contribution in [0.25, 0.3) is 88.0 Å². The average molecular weight is 579 g/mol. The zero-order valence-corrected chi connectivity index (χ0v) is 24.1. The minimum Gasteiger partial charge on any atom is -0.456 e. The summed E-state index contributed by atoms with van der Waals surface area (Å²) in [5.41, 5.74) is 6.69. The van der Waals surface area contributed by atoms with Gasteiger partial charge in [0, 0.05) is 10.8 Å². The van der Waals surface area contributed by atoms with E-state index in [1.54, 1.807) is 0 Å². The third kappa shape index (κ3) is 4.17. The molecule has 0 amide bonds. The maximum absolute atomic E-state index is 9.90. The fourth-order valence-electron chi connectivity index (χ4n) is 6.59. The molecule has 0 saturated carbocycles. The van der Waals surface area contributed by atoms with Gasteiger partial charge in [0.25, 0.3) is 0 Å². The highest BCUT2D eigenvalue weighted by Gasteiger charge is 2.20. The molecular formula is C44H28O. The molecule has 0 atom stereocenters. The van der Waals surface area contributed by atoms with Crippen LogP contribution < -0.4 is 0 Å². The summed E-state index contributed by atoms with van der Waals surface area (Å²) in [6, 6.07) is 43.1. The molecule has 8 aromatic carbocycles. The Morgan fingerprint density at radius 1 is 0.378 bits per heavy atom. The highest BCUT2D eigenvalue weighted by Crippen LogP contribution is 2.46. The molecule has 9 rings (SSSR count). The first-order valence-electron chi connectivity index (χ1n) is 18.0. The summed E-state index contributed by atoms with van der Waals surface area (Å²) in [6.45, 7) is 0. The minimum atomic E-state index is -0.407. The van der Waals surface area contributed by atoms with Gasteiger partial charge >= 0.3 is 0 Å². The summed E-state index contributed by atoms with van der Waals surface area (Å²) >= 11 is 0. The van der Waals surface area contributed by atoms with E-state index in [0.717, 1.165) is 49.4 Å². The third-order valence-electron chi connectivity index (χ3n) is 8.60. The van der Waals surface area contributed by atoms with Crippen molar-refractivity contribution in [1.29, 1.82) is 0 Å². The minimum absolute atomic E-state index is 0.0257. The summed E-state index contributed by atoms with van der Waals surface area (Å²) < 4.78 is 60.2. The van der Waals surface area contributed by atoms with Crippen LogP contribution in [0.15, 0.2) is 174 Å². The van der Waals surface area contributed by atoms with Crippen molar-refractivity contribution in [3.63, 3.8) is 0 Å². The number of benzene rings is 8. The van der Waals surface area contributed by atoms with E-state index in [-0.39, 0.29) is 46.8 Å². The zero-order chi connectivity index (χ0) is 35.0. The average Bonchev–Trinajstić information content (AvgIpc) is 3.58. The van der Waals surface area contributed by atoms with E-state index < -0.39 is 6.04 Å². The number of para-hydroxylation sites is 1. The van der Waals surface area contributed by atoms with Crippen LogP contribution in [-0.4, -0.2) is 0 Å². The second kappa shape index (κ2) is 10.4. The van der Waals surface area contributed by atoms with Crippen LogP contribution >= 0.6 is 0 Å². The van der Waals surface area contributed by atoms with Crippen LogP contribution in [-0.2, 0) is 0 Å². The topological polar surface area (TPSA) is 13.1 Å². The number of hydrogen-bond acceptors (Lipinski definition) is 1. The van der Waals surface area contributed by atoms with Crippen molar-refractivity contribution >= 4 is 43.5 Å². The lowest BCUT2D eigenvalue weighted by Gasteiger charge is -2.18. The Kier molecular flexibility index (Phi) is 4.63. The molecule has 0 saturated heterocycles. The fourth-order valence-corrected chi connectivity index (χ4v) is 6.59. The van der Waals surface area contributed by atoms with Gasteiger partial charge in [0.05, 0.1) is 8.22 Å². The van der Waals surface area contributed by atoms with Crippen LogP contribution in [0, 0.1) is 0 Å². The SMILES string of the molecule is [2H]c1c([2H])c([2H])c2c(oc3c([2H])c(-c4c5ccccc5c(-c5ccc(-c6ccccc6)cc5)c5ccccc45)c([2H])c(-c4ccccc4)c32)c1[2H]. The molecule has 1 aromatic heterocycles. The van der Waals surface area contributed by atoms with Gasteiger partial charge < -0.3 is 4.42 Å². The molecule has 1 heteroatoms. The molecule has 9 aromatic rings. The van der Waals surface area contributed by atoms with E-state index in [1.807, 2.05) is 84.9 Å². The van der Waals surface area contributed by atoms with Crippen molar-refractivity contribution in [2.24, 2.45) is 0 Å². The molecule has 1 nitrogen and oxygen atoms in total. The molecule has 0 radical (unpaired) electrons. The van der Waals surface area contributed by atoms with Crippen LogP contribution in [0.2, 0.25) is 0 Å². The van der Waals surface area contributed by atoms with Gasteiger partial charge in [-0.15, -0.1) is 0 Å². The lowest BCUT2D eigenvalue weighted by molar-refractivity contribution is 0.669. The summed E-state index contributed by atoms with van der Waals surface area (Å²) in [5, 5.41) is 4.21. The predicted octanol–water partition coefficient (Wildman–Crippen LogP) is 12.6. The second-order valence-electron chi connectivity index (χ2n) is 11.2. The summed E-state index contributed by atoms with van der Waals surface area (Å²) in [5.74, 6) is 0.